The Hall–Kier alpha value is -1.23. The van der Waals surface area contributed by atoms with Crippen LogP contribution in [0.3, 0.4) is 0 Å². The Morgan fingerprint density at radius 1 is 1.35 bits per heavy atom. The molecule has 0 fully saturated rings. The summed E-state index contributed by atoms with van der Waals surface area (Å²) in [4.78, 5) is 10.5. The summed E-state index contributed by atoms with van der Waals surface area (Å²) < 4.78 is 0. The summed E-state index contributed by atoms with van der Waals surface area (Å²) in [5.74, 6) is -1.32. The smallest absolute Gasteiger partial charge is 0.348 e. The average Bonchev–Trinajstić information content (AvgIpc) is 2.30. The standard InChI is InChI=1S/C10H7Cl3N2O2/c11-6-3-1-2-4-8(6)15-14-5-7(12)9(13)10(16)17/h1-5,15H,(H,16,17)/b9-7-,14-5+. The molecular weight excluding hydrogens is 286 g/mol. The zero-order valence-corrected chi connectivity index (χ0v) is 10.6. The molecule has 1 aromatic carbocycles. The number of hydrogen-bond donors (Lipinski definition) is 2. The average molecular weight is 294 g/mol. The van der Waals surface area contributed by atoms with Gasteiger partial charge in [-0.1, -0.05) is 46.9 Å². The molecule has 7 heteroatoms. The molecule has 0 radical (unpaired) electrons. The van der Waals surface area contributed by atoms with Crippen molar-refractivity contribution in [3.63, 3.8) is 0 Å². The molecule has 0 atom stereocenters. The second-order valence-electron chi connectivity index (χ2n) is 2.82. The van der Waals surface area contributed by atoms with E-state index in [1.54, 1.807) is 24.3 Å². The van der Waals surface area contributed by atoms with Gasteiger partial charge >= 0.3 is 5.97 Å². The zero-order chi connectivity index (χ0) is 12.8. The SMILES string of the molecule is O=C(O)/C(Cl)=C(Cl)\C=N\Nc1ccccc1Cl. The predicted octanol–water partition coefficient (Wildman–Crippen LogP) is 3.51. The molecule has 0 aliphatic carbocycles. The van der Waals surface area contributed by atoms with Gasteiger partial charge in [-0.2, -0.15) is 5.10 Å². The number of aliphatic carboxylic acids is 1. The summed E-state index contributed by atoms with van der Waals surface area (Å²) in [5.41, 5.74) is 3.18. The van der Waals surface area contributed by atoms with Gasteiger partial charge in [-0.3, -0.25) is 5.43 Å². The quantitative estimate of drug-likeness (QED) is 0.507. The molecule has 0 unspecified atom stereocenters. The normalized spacial score (nSPS) is 12.4. The van der Waals surface area contributed by atoms with Crippen LogP contribution >= 0.6 is 34.8 Å². The zero-order valence-electron chi connectivity index (χ0n) is 8.32. The molecule has 1 aromatic rings. The number of carboxylic acids is 1. The number of rotatable bonds is 4. The van der Waals surface area contributed by atoms with E-state index in [0.717, 1.165) is 6.21 Å². The van der Waals surface area contributed by atoms with Crippen molar-refractivity contribution in [2.75, 3.05) is 5.43 Å². The number of anilines is 1. The van der Waals surface area contributed by atoms with Gasteiger partial charge in [0.1, 0.15) is 5.03 Å². The minimum atomic E-state index is -1.32. The van der Waals surface area contributed by atoms with Gasteiger partial charge < -0.3 is 5.11 Å². The van der Waals surface area contributed by atoms with Gasteiger partial charge in [0.15, 0.2) is 0 Å². The van der Waals surface area contributed by atoms with Crippen LogP contribution in [0.15, 0.2) is 39.4 Å². The Morgan fingerprint density at radius 2 is 2.00 bits per heavy atom. The lowest BCUT2D eigenvalue weighted by Gasteiger charge is -2.01. The molecule has 4 nitrogen and oxygen atoms in total. The first kappa shape index (κ1) is 13.8. The van der Waals surface area contributed by atoms with E-state index >= 15 is 0 Å². The van der Waals surface area contributed by atoms with Crippen LogP contribution in [-0.2, 0) is 4.79 Å². The lowest BCUT2D eigenvalue weighted by atomic mass is 10.3. The monoisotopic (exact) mass is 292 g/mol. The van der Waals surface area contributed by atoms with Gasteiger partial charge in [0, 0.05) is 0 Å². The summed E-state index contributed by atoms with van der Waals surface area (Å²) in [6.45, 7) is 0. The third-order valence-corrected chi connectivity index (χ3v) is 2.71. The van der Waals surface area contributed by atoms with E-state index in [2.05, 4.69) is 10.5 Å². The van der Waals surface area contributed by atoms with Crippen molar-refractivity contribution >= 4 is 52.7 Å². The Bertz CT molecular complexity index is 486. The van der Waals surface area contributed by atoms with Crippen molar-refractivity contribution in [1.29, 1.82) is 0 Å². The Morgan fingerprint density at radius 3 is 2.59 bits per heavy atom. The highest BCUT2D eigenvalue weighted by Crippen LogP contribution is 2.20. The lowest BCUT2D eigenvalue weighted by molar-refractivity contribution is -0.131. The van der Waals surface area contributed by atoms with E-state index in [-0.39, 0.29) is 5.03 Å². The number of para-hydroxylation sites is 1. The highest BCUT2D eigenvalue weighted by Gasteiger charge is 2.07. The predicted molar refractivity (Wildman–Crippen MR) is 69.9 cm³/mol. The second kappa shape index (κ2) is 6.49. The fraction of sp³-hybridized carbons (Fsp3) is 0. The molecule has 17 heavy (non-hydrogen) atoms. The minimum absolute atomic E-state index is 0.182. The maximum Gasteiger partial charge on any atom is 0.348 e. The highest BCUT2D eigenvalue weighted by molar-refractivity contribution is 6.51. The van der Waals surface area contributed by atoms with Gasteiger partial charge in [-0.25, -0.2) is 4.79 Å². The van der Waals surface area contributed by atoms with Gasteiger partial charge in [-0.15, -0.1) is 0 Å². The molecule has 0 amide bonds. The summed E-state index contributed by atoms with van der Waals surface area (Å²) >= 11 is 16.8. The number of hydrazone groups is 1. The molecule has 0 heterocycles. The maximum atomic E-state index is 10.5. The van der Waals surface area contributed by atoms with E-state index in [0.29, 0.717) is 10.7 Å². The molecule has 0 bridgehead atoms. The number of carbonyl (C=O) groups is 1. The molecule has 0 aliphatic rings. The fourth-order valence-electron chi connectivity index (χ4n) is 0.869. The topological polar surface area (TPSA) is 61.7 Å². The van der Waals surface area contributed by atoms with Crippen molar-refractivity contribution in [3.8, 4) is 0 Å². The molecule has 0 spiro atoms. The van der Waals surface area contributed by atoms with Gasteiger partial charge in [0.25, 0.3) is 0 Å². The van der Waals surface area contributed by atoms with Crippen LogP contribution in [0.4, 0.5) is 5.69 Å². The van der Waals surface area contributed by atoms with E-state index in [4.69, 9.17) is 39.9 Å². The number of allylic oxidation sites excluding steroid dienone is 1. The van der Waals surface area contributed by atoms with Gasteiger partial charge in [-0.05, 0) is 12.1 Å². The van der Waals surface area contributed by atoms with Gasteiger partial charge in [0.2, 0.25) is 0 Å². The number of hydrogen-bond acceptors (Lipinski definition) is 3. The Balaban J connectivity index is 2.72. The fourth-order valence-corrected chi connectivity index (χ4v) is 1.23. The van der Waals surface area contributed by atoms with E-state index in [9.17, 15) is 4.79 Å². The van der Waals surface area contributed by atoms with Gasteiger partial charge in [0.05, 0.1) is 22.0 Å². The van der Waals surface area contributed by atoms with E-state index in [1.807, 2.05) is 0 Å². The number of benzene rings is 1. The summed E-state index contributed by atoms with van der Waals surface area (Å²) in [7, 11) is 0. The third-order valence-electron chi connectivity index (χ3n) is 1.63. The lowest BCUT2D eigenvalue weighted by Crippen LogP contribution is -1.98. The molecule has 0 saturated heterocycles. The molecule has 1 rings (SSSR count). The maximum absolute atomic E-state index is 10.5. The minimum Gasteiger partial charge on any atom is -0.477 e. The first-order valence-electron chi connectivity index (χ1n) is 4.34. The van der Waals surface area contributed by atoms with Crippen LogP contribution in [0, 0.1) is 0 Å². The number of nitrogens with one attached hydrogen (secondary N) is 1. The van der Waals surface area contributed by atoms with Crippen LogP contribution in [0.5, 0.6) is 0 Å². The number of carboxylic acid groups (broad SMARTS) is 1. The Labute approximate surface area is 112 Å². The number of halogens is 3. The van der Waals surface area contributed by atoms with Crippen molar-refractivity contribution in [2.45, 2.75) is 0 Å². The van der Waals surface area contributed by atoms with E-state index < -0.39 is 11.0 Å². The first-order chi connectivity index (χ1) is 8.02. The van der Waals surface area contributed by atoms with Crippen LogP contribution < -0.4 is 5.43 Å². The highest BCUT2D eigenvalue weighted by atomic mass is 35.5. The first-order valence-corrected chi connectivity index (χ1v) is 5.48. The van der Waals surface area contributed by atoms with Crippen molar-refractivity contribution in [2.24, 2.45) is 5.10 Å². The molecular formula is C10H7Cl3N2O2. The van der Waals surface area contributed by atoms with Crippen LogP contribution in [0.25, 0.3) is 0 Å². The van der Waals surface area contributed by atoms with Crippen molar-refractivity contribution in [1.82, 2.24) is 0 Å². The number of nitrogens with zero attached hydrogens (tertiary/aromatic N) is 1. The summed E-state index contributed by atoms with van der Waals surface area (Å²) in [6.07, 6.45) is 1.08. The Kier molecular flexibility index (Phi) is 5.28. The van der Waals surface area contributed by atoms with Crippen molar-refractivity contribution in [3.05, 3.63) is 39.4 Å². The van der Waals surface area contributed by atoms with Crippen LogP contribution in [-0.4, -0.2) is 17.3 Å². The summed E-state index contributed by atoms with van der Waals surface area (Å²) in [6, 6.07) is 6.92. The van der Waals surface area contributed by atoms with Crippen LogP contribution in [0.1, 0.15) is 0 Å². The molecule has 0 saturated carbocycles. The molecule has 2 N–H and O–H groups in total. The van der Waals surface area contributed by atoms with Crippen LogP contribution in [0.2, 0.25) is 5.02 Å². The third kappa shape index (κ3) is 4.26. The largest absolute Gasteiger partial charge is 0.477 e. The van der Waals surface area contributed by atoms with Crippen molar-refractivity contribution < 1.29 is 9.90 Å². The summed E-state index contributed by atoms with van der Waals surface area (Å²) in [5, 5.41) is 12.0. The molecule has 0 aliphatic heterocycles. The van der Waals surface area contributed by atoms with E-state index in [1.165, 1.54) is 0 Å². The molecule has 90 valence electrons. The second-order valence-corrected chi connectivity index (χ2v) is 4.01. The molecule has 0 aromatic heterocycles.